The highest BCUT2D eigenvalue weighted by Crippen LogP contribution is 2.23. The summed E-state index contributed by atoms with van der Waals surface area (Å²) in [5.41, 5.74) is 7.35. The number of hydrogen-bond acceptors (Lipinski definition) is 5. The smallest absolute Gasteiger partial charge is 0.123 e. The minimum absolute atomic E-state index is 0.0446. The van der Waals surface area contributed by atoms with Crippen LogP contribution in [0.4, 0.5) is 4.39 Å². The van der Waals surface area contributed by atoms with Crippen LogP contribution >= 0.6 is 0 Å². The van der Waals surface area contributed by atoms with Gasteiger partial charge in [-0.3, -0.25) is 4.98 Å². The average Bonchev–Trinajstić information content (AvgIpc) is 2.94. The second-order valence-corrected chi connectivity index (χ2v) is 8.72. The Morgan fingerprint density at radius 2 is 1.82 bits per heavy atom. The maximum Gasteiger partial charge on any atom is 0.123 e. The SMILES string of the molecule is C=CN/C(=C\C=C(/Cc1cncc(C(=C)c2ccc(F)cc2)c1)NC(=C)C(C)NC)c1cccc(C#N)c1. The highest BCUT2D eigenvalue weighted by molar-refractivity contribution is 5.77. The van der Waals surface area contributed by atoms with E-state index in [1.165, 1.54) is 12.1 Å². The fourth-order valence-corrected chi connectivity index (χ4v) is 3.70. The van der Waals surface area contributed by atoms with Gasteiger partial charge in [-0.25, -0.2) is 4.39 Å². The average molecular weight is 506 g/mol. The Hall–Kier alpha value is -4.73. The summed E-state index contributed by atoms with van der Waals surface area (Å²) in [6, 6.07) is 17.9. The third kappa shape index (κ3) is 7.63. The van der Waals surface area contributed by atoms with E-state index >= 15 is 0 Å². The zero-order valence-electron chi connectivity index (χ0n) is 21.8. The molecule has 0 spiro atoms. The molecule has 3 rings (SSSR count). The van der Waals surface area contributed by atoms with E-state index in [2.05, 4.69) is 46.7 Å². The van der Waals surface area contributed by atoms with Crippen molar-refractivity contribution >= 4 is 11.3 Å². The van der Waals surface area contributed by atoms with E-state index in [1.807, 2.05) is 56.6 Å². The van der Waals surface area contributed by atoms with Gasteiger partial charge in [-0.1, -0.05) is 44.0 Å². The fourth-order valence-electron chi connectivity index (χ4n) is 3.70. The van der Waals surface area contributed by atoms with Crippen LogP contribution in [0.3, 0.4) is 0 Å². The first kappa shape index (κ1) is 27.9. The van der Waals surface area contributed by atoms with Gasteiger partial charge in [0, 0.05) is 47.5 Å². The Labute approximate surface area is 224 Å². The topological polar surface area (TPSA) is 72.8 Å². The first-order valence-corrected chi connectivity index (χ1v) is 12.2. The number of allylic oxidation sites excluding steroid dienone is 3. The van der Waals surface area contributed by atoms with E-state index in [0.717, 1.165) is 44.9 Å². The van der Waals surface area contributed by atoms with Crippen molar-refractivity contribution in [1.29, 1.82) is 5.26 Å². The third-order valence-corrected chi connectivity index (χ3v) is 6.02. The second-order valence-electron chi connectivity index (χ2n) is 8.72. The molecular weight excluding hydrogens is 473 g/mol. The van der Waals surface area contributed by atoms with Crippen molar-refractivity contribution in [3.05, 3.63) is 150 Å². The van der Waals surface area contributed by atoms with Crippen LogP contribution in [0.15, 0.2) is 116 Å². The van der Waals surface area contributed by atoms with Crippen molar-refractivity contribution in [2.75, 3.05) is 7.05 Å². The molecule has 38 heavy (non-hydrogen) atoms. The van der Waals surface area contributed by atoms with E-state index in [0.29, 0.717) is 12.0 Å². The Bertz CT molecular complexity index is 1410. The third-order valence-electron chi connectivity index (χ3n) is 6.02. The van der Waals surface area contributed by atoms with E-state index in [-0.39, 0.29) is 11.9 Å². The molecule has 0 aliphatic carbocycles. The minimum Gasteiger partial charge on any atom is -0.362 e. The normalized spacial score (nSPS) is 12.3. The molecule has 0 saturated heterocycles. The van der Waals surface area contributed by atoms with E-state index in [9.17, 15) is 9.65 Å². The Balaban J connectivity index is 1.95. The predicted octanol–water partition coefficient (Wildman–Crippen LogP) is 6.07. The largest absolute Gasteiger partial charge is 0.362 e. The number of benzene rings is 2. The van der Waals surface area contributed by atoms with Crippen molar-refractivity contribution in [2.45, 2.75) is 19.4 Å². The van der Waals surface area contributed by atoms with Crippen molar-refractivity contribution in [1.82, 2.24) is 20.9 Å². The standard InChI is InChI=1S/C32H32FN5/c1-6-37-32(28-9-7-8-25(16-28)19-34)15-14-31(38-24(4)23(3)35-5)18-26-17-29(21-36-20-26)22(2)27-10-12-30(33)13-11-27/h6-17,20-21,23,35,37-38H,1-2,4,18H2,3,5H3/b31-14+,32-15-. The summed E-state index contributed by atoms with van der Waals surface area (Å²) in [5, 5.41) is 19.1. The number of nitrogens with one attached hydrogen (secondary N) is 3. The number of rotatable bonds is 12. The van der Waals surface area contributed by atoms with Crippen LogP contribution in [0.25, 0.3) is 11.3 Å². The molecule has 3 aromatic rings. The van der Waals surface area contributed by atoms with Crippen LogP contribution in [-0.4, -0.2) is 18.1 Å². The van der Waals surface area contributed by atoms with Gasteiger partial charge in [-0.2, -0.15) is 5.26 Å². The van der Waals surface area contributed by atoms with Crippen LogP contribution in [0.5, 0.6) is 0 Å². The van der Waals surface area contributed by atoms with Gasteiger partial charge in [0.25, 0.3) is 0 Å². The lowest BCUT2D eigenvalue weighted by Gasteiger charge is -2.19. The number of nitrogens with zero attached hydrogens (tertiary/aromatic N) is 2. The van der Waals surface area contributed by atoms with Crippen LogP contribution < -0.4 is 16.0 Å². The van der Waals surface area contributed by atoms with Crippen LogP contribution in [-0.2, 0) is 6.42 Å². The maximum atomic E-state index is 13.4. The van der Waals surface area contributed by atoms with E-state index in [4.69, 9.17) is 0 Å². The van der Waals surface area contributed by atoms with Gasteiger partial charge >= 0.3 is 0 Å². The van der Waals surface area contributed by atoms with Gasteiger partial charge in [0.2, 0.25) is 0 Å². The molecule has 0 amide bonds. The molecule has 1 atom stereocenters. The quantitative estimate of drug-likeness (QED) is 0.261. The molecule has 0 saturated carbocycles. The van der Waals surface area contributed by atoms with Crippen LogP contribution in [0.2, 0.25) is 0 Å². The van der Waals surface area contributed by atoms with Crippen molar-refractivity contribution in [3.8, 4) is 6.07 Å². The van der Waals surface area contributed by atoms with E-state index in [1.54, 1.807) is 30.6 Å². The van der Waals surface area contributed by atoms with Gasteiger partial charge in [-0.15, -0.1) is 0 Å². The fraction of sp³-hybridized carbons (Fsp3) is 0.125. The van der Waals surface area contributed by atoms with Crippen molar-refractivity contribution in [2.24, 2.45) is 0 Å². The highest BCUT2D eigenvalue weighted by atomic mass is 19.1. The summed E-state index contributed by atoms with van der Waals surface area (Å²) < 4.78 is 13.4. The summed E-state index contributed by atoms with van der Waals surface area (Å²) in [7, 11) is 1.88. The van der Waals surface area contributed by atoms with Gasteiger partial charge in [0.1, 0.15) is 5.82 Å². The van der Waals surface area contributed by atoms with Crippen LogP contribution in [0.1, 0.15) is 34.7 Å². The molecule has 0 aliphatic heterocycles. The molecule has 0 radical (unpaired) electrons. The number of halogens is 1. The molecule has 1 heterocycles. The summed E-state index contributed by atoms with van der Waals surface area (Å²) in [5.74, 6) is -0.289. The molecule has 1 unspecified atom stereocenters. The molecule has 1 aromatic heterocycles. The summed E-state index contributed by atoms with van der Waals surface area (Å²) in [4.78, 5) is 4.43. The Kier molecular flexibility index (Phi) is 9.93. The molecule has 0 bridgehead atoms. The highest BCUT2D eigenvalue weighted by Gasteiger charge is 2.10. The molecule has 6 heteroatoms. The Morgan fingerprint density at radius 3 is 2.50 bits per heavy atom. The first-order chi connectivity index (χ1) is 18.3. The molecule has 2 aromatic carbocycles. The first-order valence-electron chi connectivity index (χ1n) is 12.2. The molecular formula is C32H32FN5. The predicted molar refractivity (Wildman–Crippen MR) is 154 cm³/mol. The number of hydrogen-bond donors (Lipinski definition) is 3. The molecule has 5 nitrogen and oxygen atoms in total. The number of pyridine rings is 1. The maximum absolute atomic E-state index is 13.4. The lowest BCUT2D eigenvalue weighted by Crippen LogP contribution is -2.31. The van der Waals surface area contributed by atoms with Crippen molar-refractivity contribution < 1.29 is 4.39 Å². The molecule has 3 N–H and O–H groups in total. The van der Waals surface area contributed by atoms with E-state index < -0.39 is 0 Å². The minimum atomic E-state index is -0.289. The number of aromatic nitrogens is 1. The van der Waals surface area contributed by atoms with Gasteiger partial charge in [0.15, 0.2) is 0 Å². The molecule has 0 aliphatic rings. The summed E-state index contributed by atoms with van der Waals surface area (Å²) >= 11 is 0. The molecule has 192 valence electrons. The zero-order chi connectivity index (χ0) is 27.5. The zero-order valence-corrected chi connectivity index (χ0v) is 21.8. The van der Waals surface area contributed by atoms with Gasteiger partial charge in [-0.05, 0) is 84.9 Å². The molecule has 0 fully saturated rings. The monoisotopic (exact) mass is 505 g/mol. The number of nitriles is 1. The van der Waals surface area contributed by atoms with Gasteiger partial charge in [0.05, 0.1) is 11.6 Å². The lowest BCUT2D eigenvalue weighted by atomic mass is 9.99. The Morgan fingerprint density at radius 1 is 1.05 bits per heavy atom. The van der Waals surface area contributed by atoms with Crippen molar-refractivity contribution in [3.63, 3.8) is 0 Å². The second kappa shape index (κ2) is 13.5. The van der Waals surface area contributed by atoms with Crippen LogP contribution in [0, 0.1) is 17.1 Å². The summed E-state index contributed by atoms with van der Waals surface area (Å²) in [6.07, 6.45) is 9.62. The number of likely N-dealkylation sites (N-methyl/N-ethyl adjacent to an activating group) is 1. The lowest BCUT2D eigenvalue weighted by molar-refractivity contribution is 0.627. The summed E-state index contributed by atoms with van der Waals surface area (Å²) in [6.45, 7) is 14.2. The van der Waals surface area contributed by atoms with Gasteiger partial charge < -0.3 is 16.0 Å².